The summed E-state index contributed by atoms with van der Waals surface area (Å²) in [5.74, 6) is 1.71. The van der Waals surface area contributed by atoms with Crippen LogP contribution in [0.15, 0.2) is 18.2 Å². The van der Waals surface area contributed by atoms with Gasteiger partial charge in [0.05, 0.1) is 18.8 Å². The minimum absolute atomic E-state index is 0.000793. The van der Waals surface area contributed by atoms with E-state index < -0.39 is 0 Å². The topological polar surface area (TPSA) is 35.2 Å². The molecule has 2 N–H and O–H groups in total. The zero-order valence-electron chi connectivity index (χ0n) is 9.28. The van der Waals surface area contributed by atoms with Crippen LogP contribution in [0.5, 0.6) is 0 Å². The fourth-order valence-electron chi connectivity index (χ4n) is 1.74. The lowest BCUT2D eigenvalue weighted by atomic mass is 10.0. The van der Waals surface area contributed by atoms with Crippen LogP contribution >= 0.6 is 11.8 Å². The van der Waals surface area contributed by atoms with Gasteiger partial charge in [0.15, 0.2) is 0 Å². The van der Waals surface area contributed by atoms with E-state index in [0.29, 0.717) is 5.56 Å². The van der Waals surface area contributed by atoms with E-state index in [2.05, 4.69) is 0 Å². The smallest absolute Gasteiger partial charge is 0.126 e. The Hall–Kier alpha value is -0.580. The highest BCUT2D eigenvalue weighted by Crippen LogP contribution is 2.24. The van der Waals surface area contributed by atoms with Crippen LogP contribution in [-0.4, -0.2) is 24.2 Å². The average Bonchev–Trinajstić information content (AvgIpc) is 2.33. The quantitative estimate of drug-likeness (QED) is 0.862. The maximum Gasteiger partial charge on any atom is 0.126 e. The summed E-state index contributed by atoms with van der Waals surface area (Å²) >= 11 is 1.83. The van der Waals surface area contributed by atoms with Gasteiger partial charge in [0, 0.05) is 11.5 Å². The molecule has 1 aliphatic rings. The first-order valence-electron chi connectivity index (χ1n) is 5.39. The van der Waals surface area contributed by atoms with Crippen molar-refractivity contribution in [2.24, 2.45) is 5.73 Å². The largest absolute Gasteiger partial charge is 0.375 e. The Morgan fingerprint density at radius 3 is 3.00 bits per heavy atom. The average molecular weight is 241 g/mol. The molecule has 16 heavy (non-hydrogen) atoms. The number of halogens is 1. The van der Waals surface area contributed by atoms with Crippen molar-refractivity contribution >= 4 is 11.8 Å². The second-order valence-corrected chi connectivity index (χ2v) is 5.17. The van der Waals surface area contributed by atoms with Crippen molar-refractivity contribution in [3.05, 3.63) is 35.1 Å². The van der Waals surface area contributed by atoms with Crippen molar-refractivity contribution in [3.63, 3.8) is 0 Å². The van der Waals surface area contributed by atoms with Gasteiger partial charge in [-0.15, -0.1) is 0 Å². The van der Waals surface area contributed by atoms with Crippen LogP contribution in [-0.2, 0) is 4.74 Å². The number of aryl methyl sites for hydroxylation is 1. The van der Waals surface area contributed by atoms with Gasteiger partial charge < -0.3 is 10.5 Å². The van der Waals surface area contributed by atoms with Crippen LogP contribution in [0.3, 0.4) is 0 Å². The van der Waals surface area contributed by atoms with Crippen LogP contribution in [0.25, 0.3) is 0 Å². The van der Waals surface area contributed by atoms with Gasteiger partial charge >= 0.3 is 0 Å². The van der Waals surface area contributed by atoms with Crippen LogP contribution in [0.4, 0.5) is 4.39 Å². The minimum Gasteiger partial charge on any atom is -0.375 e. The maximum absolute atomic E-state index is 13.4. The molecule has 0 bridgehead atoms. The summed E-state index contributed by atoms with van der Waals surface area (Å²) in [7, 11) is 0. The molecule has 2 rings (SSSR count). The first-order valence-corrected chi connectivity index (χ1v) is 6.55. The molecule has 1 aromatic carbocycles. The standard InChI is InChI=1S/C12H16FNOS/c1-8-2-3-9(6-10(8)13)12(14)11-7-16-5-4-15-11/h2-3,6,11-12H,4-5,7,14H2,1H3. The molecule has 0 aromatic heterocycles. The summed E-state index contributed by atoms with van der Waals surface area (Å²) < 4.78 is 19.0. The first-order chi connectivity index (χ1) is 7.68. The molecule has 0 amide bonds. The van der Waals surface area contributed by atoms with Crippen molar-refractivity contribution in [1.29, 1.82) is 0 Å². The molecule has 1 heterocycles. The SMILES string of the molecule is Cc1ccc(C(N)C2CSCCO2)cc1F. The van der Waals surface area contributed by atoms with Crippen molar-refractivity contribution in [2.45, 2.75) is 19.1 Å². The molecule has 2 atom stereocenters. The van der Waals surface area contributed by atoms with Crippen LogP contribution in [0.2, 0.25) is 0 Å². The summed E-state index contributed by atoms with van der Waals surface area (Å²) in [6.45, 7) is 2.48. The zero-order chi connectivity index (χ0) is 11.5. The number of thioether (sulfide) groups is 1. The van der Waals surface area contributed by atoms with Crippen molar-refractivity contribution in [2.75, 3.05) is 18.1 Å². The van der Waals surface area contributed by atoms with Crippen LogP contribution in [0.1, 0.15) is 17.2 Å². The molecule has 88 valence electrons. The summed E-state index contributed by atoms with van der Waals surface area (Å²) in [5.41, 5.74) is 7.55. The second kappa shape index (κ2) is 5.17. The van der Waals surface area contributed by atoms with Gasteiger partial charge in [0.1, 0.15) is 5.82 Å². The van der Waals surface area contributed by atoms with E-state index >= 15 is 0 Å². The Kier molecular flexibility index (Phi) is 3.84. The summed E-state index contributed by atoms with van der Waals surface area (Å²) in [6.07, 6.45) is 0.000793. The summed E-state index contributed by atoms with van der Waals surface area (Å²) in [4.78, 5) is 0. The minimum atomic E-state index is -0.233. The molecule has 1 aliphatic heterocycles. The van der Waals surface area contributed by atoms with Crippen LogP contribution < -0.4 is 5.73 Å². The highest BCUT2D eigenvalue weighted by atomic mass is 32.2. The molecule has 0 aliphatic carbocycles. The zero-order valence-corrected chi connectivity index (χ0v) is 10.1. The highest BCUT2D eigenvalue weighted by Gasteiger charge is 2.23. The normalized spacial score (nSPS) is 23.1. The maximum atomic E-state index is 13.4. The molecule has 2 unspecified atom stereocenters. The number of hydrogen-bond donors (Lipinski definition) is 1. The molecule has 4 heteroatoms. The fourth-order valence-corrected chi connectivity index (χ4v) is 2.66. The lowest BCUT2D eigenvalue weighted by Gasteiger charge is -2.28. The molecule has 1 saturated heterocycles. The fraction of sp³-hybridized carbons (Fsp3) is 0.500. The Balaban J connectivity index is 2.12. The van der Waals surface area contributed by atoms with E-state index in [1.54, 1.807) is 13.0 Å². The molecule has 0 saturated carbocycles. The van der Waals surface area contributed by atoms with Gasteiger partial charge in [-0.25, -0.2) is 4.39 Å². The predicted molar refractivity (Wildman–Crippen MR) is 65.1 cm³/mol. The molecule has 1 aromatic rings. The molecule has 1 fully saturated rings. The summed E-state index contributed by atoms with van der Waals surface area (Å²) in [5, 5.41) is 0. The van der Waals surface area contributed by atoms with Crippen molar-refractivity contribution in [3.8, 4) is 0 Å². The number of nitrogens with two attached hydrogens (primary N) is 1. The molecular formula is C12H16FNOS. The van der Waals surface area contributed by atoms with Crippen molar-refractivity contribution < 1.29 is 9.13 Å². The number of benzene rings is 1. The molecule has 2 nitrogen and oxygen atoms in total. The second-order valence-electron chi connectivity index (χ2n) is 4.02. The lowest BCUT2D eigenvalue weighted by molar-refractivity contribution is 0.0569. The molecular weight excluding hydrogens is 225 g/mol. The van der Waals surface area contributed by atoms with Gasteiger partial charge in [-0.2, -0.15) is 11.8 Å². The number of hydrogen-bond acceptors (Lipinski definition) is 3. The molecule has 0 radical (unpaired) electrons. The third-order valence-corrected chi connectivity index (χ3v) is 3.84. The Bertz CT molecular complexity index is 366. The third kappa shape index (κ3) is 2.56. The van der Waals surface area contributed by atoms with E-state index in [9.17, 15) is 4.39 Å². The monoisotopic (exact) mass is 241 g/mol. The van der Waals surface area contributed by atoms with Crippen LogP contribution in [0, 0.1) is 12.7 Å². The van der Waals surface area contributed by atoms with Gasteiger partial charge in [-0.3, -0.25) is 0 Å². The first kappa shape index (κ1) is 11.9. The Morgan fingerprint density at radius 2 is 2.38 bits per heavy atom. The van der Waals surface area contributed by atoms with Gasteiger partial charge in [0.25, 0.3) is 0 Å². The summed E-state index contributed by atoms with van der Waals surface area (Å²) in [6, 6.07) is 4.93. The van der Waals surface area contributed by atoms with E-state index in [1.807, 2.05) is 17.8 Å². The third-order valence-electron chi connectivity index (χ3n) is 2.82. The van der Waals surface area contributed by atoms with Gasteiger partial charge in [-0.05, 0) is 24.1 Å². The Morgan fingerprint density at radius 1 is 1.56 bits per heavy atom. The van der Waals surface area contributed by atoms with E-state index in [4.69, 9.17) is 10.5 Å². The van der Waals surface area contributed by atoms with Crippen molar-refractivity contribution in [1.82, 2.24) is 0 Å². The predicted octanol–water partition coefficient (Wildman–Crippen LogP) is 2.27. The highest BCUT2D eigenvalue weighted by molar-refractivity contribution is 7.99. The Labute approximate surface area is 99.4 Å². The van der Waals surface area contributed by atoms with Gasteiger partial charge in [0.2, 0.25) is 0 Å². The van der Waals surface area contributed by atoms with E-state index in [-0.39, 0.29) is 18.0 Å². The van der Waals surface area contributed by atoms with E-state index in [1.165, 1.54) is 6.07 Å². The number of ether oxygens (including phenoxy) is 1. The number of rotatable bonds is 2. The lowest BCUT2D eigenvalue weighted by Crippen LogP contribution is -2.34. The van der Waals surface area contributed by atoms with Gasteiger partial charge in [-0.1, -0.05) is 12.1 Å². The van der Waals surface area contributed by atoms with E-state index in [0.717, 1.165) is 23.7 Å². The molecule has 0 spiro atoms.